The molecule has 7 nitrogen and oxygen atoms in total. The molecule has 0 aliphatic rings. The topological polar surface area (TPSA) is 91.5 Å². The first kappa shape index (κ1) is 19.6. The van der Waals surface area contributed by atoms with Crippen LogP contribution in [0.25, 0.3) is 0 Å². The van der Waals surface area contributed by atoms with Crippen molar-refractivity contribution in [3.8, 4) is 0 Å². The second-order valence-corrected chi connectivity index (χ2v) is 7.36. The van der Waals surface area contributed by atoms with Crippen molar-refractivity contribution in [1.82, 2.24) is 15.6 Å². The van der Waals surface area contributed by atoms with E-state index in [0.717, 1.165) is 23.1 Å². The molecule has 146 valence electrons. The predicted molar refractivity (Wildman–Crippen MR) is 112 cm³/mol. The average Bonchev–Trinajstić information content (AvgIpc) is 3.37. The summed E-state index contributed by atoms with van der Waals surface area (Å²) in [5.41, 5.74) is 1.75. The SMILES string of the molecule is CCNC(=NCc1ccc(NC(=O)c2ccco2)cc1)NCc1ncc(C)s1. The van der Waals surface area contributed by atoms with Gasteiger partial charge in [0.1, 0.15) is 5.01 Å². The van der Waals surface area contributed by atoms with Gasteiger partial charge in [-0.15, -0.1) is 11.3 Å². The number of aromatic nitrogens is 1. The van der Waals surface area contributed by atoms with Crippen LogP contribution in [0.5, 0.6) is 0 Å². The minimum Gasteiger partial charge on any atom is -0.459 e. The largest absolute Gasteiger partial charge is 0.459 e. The number of carbonyl (C=O) groups excluding carboxylic acids is 1. The van der Waals surface area contributed by atoms with Crippen LogP contribution in [0.4, 0.5) is 5.69 Å². The highest BCUT2D eigenvalue weighted by atomic mass is 32.1. The molecule has 0 saturated heterocycles. The molecule has 1 aromatic carbocycles. The number of carbonyl (C=O) groups is 1. The third-order valence-electron chi connectivity index (χ3n) is 3.80. The maximum absolute atomic E-state index is 12.0. The van der Waals surface area contributed by atoms with Crippen molar-refractivity contribution in [1.29, 1.82) is 0 Å². The molecule has 2 aromatic heterocycles. The predicted octanol–water partition coefficient (Wildman–Crippen LogP) is 3.55. The molecule has 0 aliphatic carbocycles. The first-order valence-electron chi connectivity index (χ1n) is 9.01. The van der Waals surface area contributed by atoms with E-state index in [1.54, 1.807) is 23.5 Å². The van der Waals surface area contributed by atoms with Crippen molar-refractivity contribution in [2.45, 2.75) is 26.9 Å². The number of nitrogens with zero attached hydrogens (tertiary/aromatic N) is 2. The molecule has 0 bridgehead atoms. The number of guanidine groups is 1. The minimum atomic E-state index is -0.271. The molecule has 0 fully saturated rings. The molecule has 3 N–H and O–H groups in total. The Labute approximate surface area is 167 Å². The summed E-state index contributed by atoms with van der Waals surface area (Å²) in [6, 6.07) is 10.9. The van der Waals surface area contributed by atoms with Gasteiger partial charge in [-0.2, -0.15) is 0 Å². The molecule has 0 aliphatic heterocycles. The van der Waals surface area contributed by atoms with Crippen molar-refractivity contribution < 1.29 is 9.21 Å². The number of furan rings is 1. The van der Waals surface area contributed by atoms with Crippen molar-refractivity contribution in [2.24, 2.45) is 4.99 Å². The standard InChI is InChI=1S/C20H23N5O2S/c1-3-21-20(24-13-18-22-11-14(2)28-18)23-12-15-6-8-16(9-7-15)25-19(26)17-5-4-10-27-17/h4-11H,3,12-13H2,1-2H3,(H,25,26)(H2,21,23,24). The van der Waals surface area contributed by atoms with Gasteiger partial charge in [0.2, 0.25) is 0 Å². The van der Waals surface area contributed by atoms with E-state index in [-0.39, 0.29) is 11.7 Å². The van der Waals surface area contributed by atoms with Crippen LogP contribution in [-0.2, 0) is 13.1 Å². The van der Waals surface area contributed by atoms with Gasteiger partial charge in [0, 0.05) is 23.3 Å². The zero-order chi connectivity index (χ0) is 19.8. The van der Waals surface area contributed by atoms with Gasteiger partial charge in [-0.25, -0.2) is 9.98 Å². The van der Waals surface area contributed by atoms with Gasteiger partial charge in [-0.05, 0) is 43.7 Å². The van der Waals surface area contributed by atoms with E-state index in [4.69, 9.17) is 4.42 Å². The number of benzene rings is 1. The summed E-state index contributed by atoms with van der Waals surface area (Å²) in [4.78, 5) is 22.1. The lowest BCUT2D eigenvalue weighted by Crippen LogP contribution is -2.36. The summed E-state index contributed by atoms with van der Waals surface area (Å²) >= 11 is 1.67. The van der Waals surface area contributed by atoms with Crippen molar-refractivity contribution in [2.75, 3.05) is 11.9 Å². The zero-order valence-corrected chi connectivity index (χ0v) is 16.7. The van der Waals surface area contributed by atoms with Crippen LogP contribution in [0.3, 0.4) is 0 Å². The van der Waals surface area contributed by atoms with Crippen molar-refractivity contribution in [3.05, 3.63) is 70.1 Å². The first-order valence-corrected chi connectivity index (χ1v) is 9.83. The molecule has 28 heavy (non-hydrogen) atoms. The number of nitrogens with one attached hydrogen (secondary N) is 3. The summed E-state index contributed by atoms with van der Waals surface area (Å²) in [5, 5.41) is 10.4. The quantitative estimate of drug-likeness (QED) is 0.419. The van der Waals surface area contributed by atoms with E-state index in [2.05, 4.69) is 25.9 Å². The second kappa shape index (κ2) is 9.70. The number of aryl methyl sites for hydroxylation is 1. The van der Waals surface area contributed by atoms with Crippen LogP contribution in [0.15, 0.2) is 58.3 Å². The molecule has 8 heteroatoms. The molecule has 3 rings (SSSR count). The number of thiazole rings is 1. The van der Waals surface area contributed by atoms with Crippen LogP contribution in [0.1, 0.15) is 32.9 Å². The van der Waals surface area contributed by atoms with E-state index < -0.39 is 0 Å². The summed E-state index contributed by atoms with van der Waals surface area (Å²) in [6.45, 7) is 6.02. The van der Waals surface area contributed by atoms with Crippen LogP contribution in [0, 0.1) is 6.92 Å². The molecule has 0 spiro atoms. The Bertz CT molecular complexity index is 916. The fraction of sp³-hybridized carbons (Fsp3) is 0.250. The Balaban J connectivity index is 1.55. The Hall–Kier alpha value is -3.13. The van der Waals surface area contributed by atoms with Crippen LogP contribution in [-0.4, -0.2) is 23.4 Å². The van der Waals surface area contributed by atoms with Crippen LogP contribution in [0.2, 0.25) is 0 Å². The highest BCUT2D eigenvalue weighted by Gasteiger charge is 2.08. The third-order valence-corrected chi connectivity index (χ3v) is 4.71. The van der Waals surface area contributed by atoms with E-state index in [1.165, 1.54) is 11.1 Å². The molecule has 0 radical (unpaired) electrons. The molecule has 0 unspecified atom stereocenters. The summed E-state index contributed by atoms with van der Waals surface area (Å²) in [6.07, 6.45) is 3.35. The number of amides is 1. The molecule has 3 aromatic rings. The normalized spacial score (nSPS) is 11.3. The van der Waals surface area contributed by atoms with E-state index in [0.29, 0.717) is 18.8 Å². The van der Waals surface area contributed by atoms with Gasteiger partial charge in [0.25, 0.3) is 5.91 Å². The highest BCUT2D eigenvalue weighted by Crippen LogP contribution is 2.13. The fourth-order valence-electron chi connectivity index (χ4n) is 2.45. The Morgan fingerprint density at radius 3 is 2.68 bits per heavy atom. The van der Waals surface area contributed by atoms with Gasteiger partial charge in [-0.3, -0.25) is 4.79 Å². The molecule has 1 amide bonds. The number of aliphatic imine (C=N–C) groups is 1. The third kappa shape index (κ3) is 5.68. The van der Waals surface area contributed by atoms with Crippen LogP contribution >= 0.6 is 11.3 Å². The summed E-state index contributed by atoms with van der Waals surface area (Å²) in [5.74, 6) is 0.753. The maximum atomic E-state index is 12.0. The molecule has 0 saturated carbocycles. The number of anilines is 1. The Morgan fingerprint density at radius 1 is 1.21 bits per heavy atom. The summed E-state index contributed by atoms with van der Waals surface area (Å²) < 4.78 is 5.09. The zero-order valence-electron chi connectivity index (χ0n) is 15.9. The number of rotatable bonds is 7. The van der Waals surface area contributed by atoms with Gasteiger partial charge in [0.05, 0.1) is 19.4 Å². The second-order valence-electron chi connectivity index (χ2n) is 6.04. The van der Waals surface area contributed by atoms with Gasteiger partial charge in [-0.1, -0.05) is 12.1 Å². The first-order chi connectivity index (χ1) is 13.6. The molecular formula is C20H23N5O2S. The monoisotopic (exact) mass is 397 g/mol. The van der Waals surface area contributed by atoms with Crippen LogP contribution < -0.4 is 16.0 Å². The maximum Gasteiger partial charge on any atom is 0.291 e. The minimum absolute atomic E-state index is 0.271. The Morgan fingerprint density at radius 2 is 2.04 bits per heavy atom. The number of hydrogen-bond donors (Lipinski definition) is 3. The molecule has 2 heterocycles. The van der Waals surface area contributed by atoms with E-state index >= 15 is 0 Å². The lowest BCUT2D eigenvalue weighted by atomic mass is 10.2. The van der Waals surface area contributed by atoms with Gasteiger partial charge in [0.15, 0.2) is 11.7 Å². The lowest BCUT2D eigenvalue weighted by molar-refractivity contribution is 0.0996. The lowest BCUT2D eigenvalue weighted by Gasteiger charge is -2.10. The van der Waals surface area contributed by atoms with Gasteiger partial charge >= 0.3 is 0 Å². The summed E-state index contributed by atoms with van der Waals surface area (Å²) in [7, 11) is 0. The van der Waals surface area contributed by atoms with Crippen molar-refractivity contribution >= 4 is 28.9 Å². The van der Waals surface area contributed by atoms with Gasteiger partial charge < -0.3 is 20.4 Å². The molecule has 0 atom stereocenters. The van der Waals surface area contributed by atoms with E-state index in [1.807, 2.05) is 44.3 Å². The average molecular weight is 398 g/mol. The smallest absolute Gasteiger partial charge is 0.291 e. The van der Waals surface area contributed by atoms with Crippen molar-refractivity contribution in [3.63, 3.8) is 0 Å². The fourth-order valence-corrected chi connectivity index (χ4v) is 3.18. The van der Waals surface area contributed by atoms with E-state index in [9.17, 15) is 4.79 Å². The number of hydrogen-bond acceptors (Lipinski definition) is 5. The Kier molecular flexibility index (Phi) is 6.80. The highest BCUT2D eigenvalue weighted by molar-refractivity contribution is 7.11. The molecular weight excluding hydrogens is 374 g/mol.